The van der Waals surface area contributed by atoms with E-state index in [4.69, 9.17) is 0 Å². The van der Waals surface area contributed by atoms with Gasteiger partial charge in [0.25, 0.3) is 5.91 Å². The van der Waals surface area contributed by atoms with Crippen LogP contribution in [-0.2, 0) is 5.66 Å². The van der Waals surface area contributed by atoms with Crippen LogP contribution in [0.5, 0.6) is 0 Å². The van der Waals surface area contributed by atoms with Crippen molar-refractivity contribution in [2.24, 2.45) is 0 Å². The Labute approximate surface area is 144 Å². The van der Waals surface area contributed by atoms with Gasteiger partial charge in [-0.1, -0.05) is 62.2 Å². The SMILES string of the molecule is CCCCCC1(c2ccccc2)Nc2ccccc2C(=O)N1CC. The highest BCUT2D eigenvalue weighted by atomic mass is 16.2. The quantitative estimate of drug-likeness (QED) is 0.758. The van der Waals surface area contributed by atoms with Gasteiger partial charge in [0.2, 0.25) is 0 Å². The van der Waals surface area contributed by atoms with Gasteiger partial charge in [-0.25, -0.2) is 0 Å². The first-order chi connectivity index (χ1) is 11.7. The van der Waals surface area contributed by atoms with E-state index >= 15 is 0 Å². The summed E-state index contributed by atoms with van der Waals surface area (Å²) in [6.45, 7) is 4.95. The summed E-state index contributed by atoms with van der Waals surface area (Å²) < 4.78 is 0. The first-order valence-electron chi connectivity index (χ1n) is 8.97. The molecule has 0 saturated carbocycles. The number of nitrogens with zero attached hydrogens (tertiary/aromatic N) is 1. The number of hydrogen-bond donors (Lipinski definition) is 1. The molecule has 0 fully saturated rings. The summed E-state index contributed by atoms with van der Waals surface area (Å²) in [4.78, 5) is 15.2. The zero-order valence-corrected chi connectivity index (χ0v) is 14.6. The Hall–Kier alpha value is -2.29. The zero-order chi connectivity index (χ0) is 17.0. The number of rotatable bonds is 6. The number of carbonyl (C=O) groups excluding carboxylic acids is 1. The Balaban J connectivity index is 2.10. The van der Waals surface area contributed by atoms with E-state index in [0.29, 0.717) is 6.54 Å². The van der Waals surface area contributed by atoms with Crippen LogP contribution in [-0.4, -0.2) is 17.4 Å². The molecule has 2 aromatic carbocycles. The smallest absolute Gasteiger partial charge is 0.258 e. The van der Waals surface area contributed by atoms with E-state index in [9.17, 15) is 4.79 Å². The minimum Gasteiger partial charge on any atom is -0.358 e. The average molecular weight is 322 g/mol. The lowest BCUT2D eigenvalue weighted by Gasteiger charge is -2.49. The number of fused-ring (bicyclic) bond motifs is 1. The normalized spacial score (nSPS) is 19.8. The van der Waals surface area contributed by atoms with Crippen LogP contribution in [0.4, 0.5) is 5.69 Å². The summed E-state index contributed by atoms with van der Waals surface area (Å²) in [6.07, 6.45) is 4.34. The lowest BCUT2D eigenvalue weighted by atomic mass is 9.87. The molecule has 1 amide bonds. The van der Waals surface area contributed by atoms with Crippen LogP contribution in [0.25, 0.3) is 0 Å². The van der Waals surface area contributed by atoms with E-state index in [-0.39, 0.29) is 5.91 Å². The second-order valence-corrected chi connectivity index (χ2v) is 6.40. The summed E-state index contributed by atoms with van der Waals surface area (Å²) in [7, 11) is 0. The van der Waals surface area contributed by atoms with Crippen molar-refractivity contribution in [3.8, 4) is 0 Å². The molecule has 3 heteroatoms. The zero-order valence-electron chi connectivity index (χ0n) is 14.6. The molecule has 0 bridgehead atoms. The van der Waals surface area contributed by atoms with Crippen LogP contribution in [0, 0.1) is 0 Å². The van der Waals surface area contributed by atoms with E-state index in [1.165, 1.54) is 12.8 Å². The molecule has 3 rings (SSSR count). The highest BCUT2D eigenvalue weighted by Crippen LogP contribution is 2.41. The van der Waals surface area contributed by atoms with Crippen LogP contribution in [0.1, 0.15) is 55.5 Å². The van der Waals surface area contributed by atoms with Gasteiger partial charge in [-0.3, -0.25) is 4.79 Å². The number of benzene rings is 2. The Morgan fingerprint density at radius 1 is 0.958 bits per heavy atom. The van der Waals surface area contributed by atoms with Gasteiger partial charge in [0, 0.05) is 12.2 Å². The molecule has 1 heterocycles. The van der Waals surface area contributed by atoms with Gasteiger partial charge in [0.15, 0.2) is 0 Å². The fourth-order valence-electron chi connectivity index (χ4n) is 3.72. The largest absolute Gasteiger partial charge is 0.358 e. The fraction of sp³-hybridized carbons (Fsp3) is 0.381. The highest BCUT2D eigenvalue weighted by molar-refractivity contribution is 6.02. The molecule has 0 aliphatic carbocycles. The lowest BCUT2D eigenvalue weighted by Crippen LogP contribution is -2.57. The molecule has 2 aromatic rings. The molecule has 24 heavy (non-hydrogen) atoms. The van der Waals surface area contributed by atoms with Gasteiger partial charge in [-0.15, -0.1) is 0 Å². The van der Waals surface area contributed by atoms with Crippen LogP contribution < -0.4 is 5.32 Å². The molecular formula is C21H26N2O. The van der Waals surface area contributed by atoms with Crippen molar-refractivity contribution < 1.29 is 4.79 Å². The maximum Gasteiger partial charge on any atom is 0.258 e. The number of anilines is 1. The van der Waals surface area contributed by atoms with Gasteiger partial charge >= 0.3 is 0 Å². The van der Waals surface area contributed by atoms with Crippen LogP contribution in [0.2, 0.25) is 0 Å². The van der Waals surface area contributed by atoms with Crippen molar-refractivity contribution in [1.82, 2.24) is 4.90 Å². The molecule has 126 valence electrons. The number of hydrogen-bond acceptors (Lipinski definition) is 2. The van der Waals surface area contributed by atoms with E-state index < -0.39 is 5.66 Å². The van der Waals surface area contributed by atoms with Gasteiger partial charge in [-0.2, -0.15) is 0 Å². The van der Waals surface area contributed by atoms with Crippen molar-refractivity contribution in [2.45, 2.75) is 45.2 Å². The molecule has 1 atom stereocenters. The second-order valence-electron chi connectivity index (χ2n) is 6.40. The summed E-state index contributed by atoms with van der Waals surface area (Å²) in [5.74, 6) is 0.118. The lowest BCUT2D eigenvalue weighted by molar-refractivity contribution is 0.0484. The third-order valence-corrected chi connectivity index (χ3v) is 4.91. The summed E-state index contributed by atoms with van der Waals surface area (Å²) in [6, 6.07) is 18.2. The van der Waals surface area contributed by atoms with Crippen LogP contribution >= 0.6 is 0 Å². The third-order valence-electron chi connectivity index (χ3n) is 4.91. The molecule has 1 N–H and O–H groups in total. The second kappa shape index (κ2) is 7.08. The number of amides is 1. The molecule has 0 radical (unpaired) electrons. The Bertz CT molecular complexity index is 698. The maximum absolute atomic E-state index is 13.2. The molecule has 0 aromatic heterocycles. The van der Waals surface area contributed by atoms with E-state index in [2.05, 4.69) is 43.4 Å². The summed E-state index contributed by atoms with van der Waals surface area (Å²) in [5, 5.41) is 3.72. The third kappa shape index (κ3) is 2.79. The van der Waals surface area contributed by atoms with Crippen molar-refractivity contribution >= 4 is 11.6 Å². The predicted molar refractivity (Wildman–Crippen MR) is 99.0 cm³/mol. The topological polar surface area (TPSA) is 32.3 Å². The Morgan fingerprint density at radius 3 is 2.38 bits per heavy atom. The van der Waals surface area contributed by atoms with Gasteiger partial charge in [-0.05, 0) is 37.5 Å². The van der Waals surface area contributed by atoms with Crippen LogP contribution in [0.15, 0.2) is 54.6 Å². The minimum atomic E-state index is -0.462. The summed E-state index contributed by atoms with van der Waals surface area (Å²) in [5.41, 5.74) is 2.40. The monoisotopic (exact) mass is 322 g/mol. The predicted octanol–water partition coefficient (Wildman–Crippen LogP) is 5.01. The van der Waals surface area contributed by atoms with Crippen molar-refractivity contribution in [1.29, 1.82) is 0 Å². The Kier molecular flexibility index (Phi) is 4.89. The molecule has 0 spiro atoms. The number of para-hydroxylation sites is 1. The Morgan fingerprint density at radius 2 is 1.67 bits per heavy atom. The van der Waals surface area contributed by atoms with E-state index in [1.54, 1.807) is 0 Å². The van der Waals surface area contributed by atoms with Gasteiger partial charge in [0.05, 0.1) is 5.56 Å². The van der Waals surface area contributed by atoms with E-state index in [1.807, 2.05) is 35.2 Å². The number of nitrogens with one attached hydrogen (secondary N) is 1. The average Bonchev–Trinajstić information content (AvgIpc) is 2.63. The standard InChI is InChI=1S/C21H26N2O/c1-3-5-11-16-21(17-12-7-6-8-13-17)22-19-15-10-9-14-18(19)20(24)23(21)4-2/h6-10,12-15,22H,3-5,11,16H2,1-2H3. The maximum atomic E-state index is 13.2. The summed E-state index contributed by atoms with van der Waals surface area (Å²) >= 11 is 0. The van der Waals surface area contributed by atoms with Crippen molar-refractivity contribution in [2.75, 3.05) is 11.9 Å². The number of carbonyl (C=O) groups is 1. The molecule has 1 aliphatic rings. The molecule has 1 unspecified atom stereocenters. The van der Waals surface area contributed by atoms with Gasteiger partial charge in [0.1, 0.15) is 5.66 Å². The molecule has 0 saturated heterocycles. The highest BCUT2D eigenvalue weighted by Gasteiger charge is 2.44. The first-order valence-corrected chi connectivity index (χ1v) is 8.97. The minimum absolute atomic E-state index is 0.118. The van der Waals surface area contributed by atoms with Crippen molar-refractivity contribution in [3.05, 3.63) is 65.7 Å². The molecule has 3 nitrogen and oxygen atoms in total. The fourth-order valence-corrected chi connectivity index (χ4v) is 3.72. The molecule has 1 aliphatic heterocycles. The van der Waals surface area contributed by atoms with E-state index in [0.717, 1.165) is 29.7 Å². The van der Waals surface area contributed by atoms with Gasteiger partial charge < -0.3 is 10.2 Å². The number of unbranched alkanes of at least 4 members (excludes halogenated alkanes) is 2. The molecular weight excluding hydrogens is 296 g/mol. The first kappa shape index (κ1) is 16.6. The van der Waals surface area contributed by atoms with Crippen LogP contribution in [0.3, 0.4) is 0 Å². The van der Waals surface area contributed by atoms with Crippen molar-refractivity contribution in [3.63, 3.8) is 0 Å².